The quantitative estimate of drug-likeness (QED) is 0.688. The number of hydrogen-bond donors (Lipinski definition) is 2. The van der Waals surface area contributed by atoms with E-state index in [1.807, 2.05) is 54.0 Å². The number of quaternary nitrogens is 1. The smallest absolute Gasteiger partial charge is 0.279 e. The summed E-state index contributed by atoms with van der Waals surface area (Å²) in [5.74, 6) is 0.799. The van der Waals surface area contributed by atoms with Crippen molar-refractivity contribution in [2.24, 2.45) is 0 Å². The van der Waals surface area contributed by atoms with Crippen LogP contribution in [0.1, 0.15) is 18.5 Å². The van der Waals surface area contributed by atoms with E-state index in [-0.39, 0.29) is 11.9 Å². The van der Waals surface area contributed by atoms with Gasteiger partial charge in [-0.15, -0.1) is 11.8 Å². The Hall–Kier alpha value is -1.50. The average Bonchev–Trinajstić information content (AvgIpc) is 2.60. The summed E-state index contributed by atoms with van der Waals surface area (Å²) in [4.78, 5) is 13.3. The highest BCUT2D eigenvalue weighted by atomic mass is 79.9. The molecule has 0 aromatic heterocycles. The molecule has 0 saturated carbocycles. The van der Waals surface area contributed by atoms with Gasteiger partial charge in [-0.05, 0) is 59.4 Å². The number of carbonyl (C=O) groups is 1. The van der Waals surface area contributed by atoms with Gasteiger partial charge in [-0.1, -0.05) is 12.1 Å². The molecule has 128 valence electrons. The molecule has 2 aromatic rings. The lowest BCUT2D eigenvalue weighted by Gasteiger charge is -2.13. The van der Waals surface area contributed by atoms with E-state index in [2.05, 4.69) is 28.2 Å². The third-order valence-corrected chi connectivity index (χ3v) is 5.16. The third-order valence-electron chi connectivity index (χ3n) is 3.74. The van der Waals surface area contributed by atoms with Crippen LogP contribution in [0.2, 0.25) is 0 Å². The number of hydrogen-bond acceptors (Lipinski definition) is 3. The number of nitrogens with one attached hydrogen (secondary N) is 1. The number of halogens is 1. The molecule has 0 saturated heterocycles. The lowest BCUT2D eigenvalue weighted by Crippen LogP contribution is -2.86. The molecule has 24 heavy (non-hydrogen) atoms. The summed E-state index contributed by atoms with van der Waals surface area (Å²) < 4.78 is 6.16. The molecule has 0 aliphatic rings. The van der Waals surface area contributed by atoms with Crippen molar-refractivity contribution in [2.75, 3.05) is 25.2 Å². The second kappa shape index (κ2) is 9.11. The predicted octanol–water partition coefficient (Wildman–Crippen LogP) is 3.44. The maximum Gasteiger partial charge on any atom is 0.279 e. The topological polar surface area (TPSA) is 54.9 Å². The number of benzene rings is 2. The summed E-state index contributed by atoms with van der Waals surface area (Å²) in [6.07, 6.45) is 2.00. The number of methoxy groups -OCH3 is 1. The van der Waals surface area contributed by atoms with Gasteiger partial charge >= 0.3 is 0 Å². The first-order valence-corrected chi connectivity index (χ1v) is 9.66. The van der Waals surface area contributed by atoms with Crippen LogP contribution in [0.4, 0.5) is 5.69 Å². The van der Waals surface area contributed by atoms with Gasteiger partial charge in [0.05, 0.1) is 17.3 Å². The molecule has 4 nitrogen and oxygen atoms in total. The Labute approximate surface area is 155 Å². The average molecular weight is 410 g/mol. The van der Waals surface area contributed by atoms with Gasteiger partial charge in [-0.25, -0.2) is 0 Å². The Kier molecular flexibility index (Phi) is 7.15. The van der Waals surface area contributed by atoms with E-state index in [1.54, 1.807) is 18.9 Å². The van der Waals surface area contributed by atoms with Crippen molar-refractivity contribution in [1.29, 1.82) is 0 Å². The molecule has 0 spiro atoms. The van der Waals surface area contributed by atoms with E-state index in [4.69, 9.17) is 4.74 Å². The van der Waals surface area contributed by atoms with Crippen molar-refractivity contribution < 1.29 is 14.8 Å². The molecular weight excluding hydrogens is 388 g/mol. The summed E-state index contributed by atoms with van der Waals surface area (Å²) >= 11 is 5.12. The Morgan fingerprint density at radius 1 is 1.33 bits per heavy atom. The normalized spacial score (nSPS) is 11.8. The van der Waals surface area contributed by atoms with Gasteiger partial charge in [0.15, 0.2) is 6.54 Å². The first kappa shape index (κ1) is 18.8. The summed E-state index contributed by atoms with van der Waals surface area (Å²) in [5, 5.41) is 5.00. The fourth-order valence-electron chi connectivity index (χ4n) is 2.33. The lowest BCUT2D eigenvalue weighted by molar-refractivity contribution is -0.682. The van der Waals surface area contributed by atoms with Gasteiger partial charge < -0.3 is 15.4 Å². The fraction of sp³-hybridized carbons (Fsp3) is 0.278. The van der Waals surface area contributed by atoms with Crippen molar-refractivity contribution in [1.82, 2.24) is 0 Å². The molecule has 1 atom stereocenters. The molecule has 0 fully saturated rings. The first-order valence-electron chi connectivity index (χ1n) is 7.64. The van der Waals surface area contributed by atoms with Crippen LogP contribution in [0.25, 0.3) is 0 Å². The number of amides is 1. The van der Waals surface area contributed by atoms with Crippen molar-refractivity contribution in [3.05, 3.63) is 52.5 Å². The summed E-state index contributed by atoms with van der Waals surface area (Å²) in [6, 6.07) is 14.0. The number of ether oxygens (including phenoxy) is 1. The summed E-state index contributed by atoms with van der Waals surface area (Å²) in [6.45, 7) is 2.45. The van der Waals surface area contributed by atoms with Gasteiger partial charge in [0, 0.05) is 10.5 Å². The molecule has 3 N–H and O–H groups in total. The minimum Gasteiger partial charge on any atom is -0.496 e. The Balaban J connectivity index is 1.92. The van der Waals surface area contributed by atoms with Crippen molar-refractivity contribution >= 4 is 39.3 Å². The van der Waals surface area contributed by atoms with Crippen LogP contribution < -0.4 is 15.4 Å². The van der Waals surface area contributed by atoms with E-state index >= 15 is 0 Å². The van der Waals surface area contributed by atoms with Crippen LogP contribution in [0.5, 0.6) is 5.75 Å². The molecule has 0 heterocycles. The molecular formula is C18H22BrN2O2S+. The van der Waals surface area contributed by atoms with E-state index in [9.17, 15) is 4.79 Å². The molecule has 1 amide bonds. The predicted molar refractivity (Wildman–Crippen MR) is 103 cm³/mol. The van der Waals surface area contributed by atoms with Gasteiger partial charge in [-0.2, -0.15) is 0 Å². The molecule has 0 aliphatic carbocycles. The minimum atomic E-state index is -0.00377. The second-order valence-electron chi connectivity index (χ2n) is 5.37. The van der Waals surface area contributed by atoms with E-state index in [1.165, 1.54) is 0 Å². The van der Waals surface area contributed by atoms with Gasteiger partial charge in [-0.3, -0.25) is 4.79 Å². The second-order valence-corrected chi connectivity index (χ2v) is 7.07. The highest BCUT2D eigenvalue weighted by Crippen LogP contribution is 2.27. The maximum atomic E-state index is 12.2. The van der Waals surface area contributed by atoms with Crippen LogP contribution >= 0.6 is 27.7 Å². The SMILES string of the molecule is COc1ccc([C@@H](C)[NH2+]CC(=O)Nc2ccccc2SC)cc1Br. The molecule has 0 aliphatic heterocycles. The van der Waals surface area contributed by atoms with Crippen LogP contribution in [0.15, 0.2) is 51.8 Å². The monoisotopic (exact) mass is 409 g/mol. The molecule has 0 bridgehead atoms. The Morgan fingerprint density at radius 2 is 2.08 bits per heavy atom. The number of para-hydroxylation sites is 1. The highest BCUT2D eigenvalue weighted by molar-refractivity contribution is 9.10. The minimum absolute atomic E-state index is 0.00377. The Bertz CT molecular complexity index is 709. The maximum absolute atomic E-state index is 12.2. The molecule has 0 unspecified atom stereocenters. The van der Waals surface area contributed by atoms with Crippen molar-refractivity contribution in [3.8, 4) is 5.75 Å². The van der Waals surface area contributed by atoms with E-state index in [0.29, 0.717) is 6.54 Å². The van der Waals surface area contributed by atoms with E-state index < -0.39 is 0 Å². The van der Waals surface area contributed by atoms with E-state index in [0.717, 1.165) is 26.4 Å². The number of anilines is 1. The largest absolute Gasteiger partial charge is 0.496 e. The Morgan fingerprint density at radius 3 is 2.75 bits per heavy atom. The van der Waals surface area contributed by atoms with Crippen LogP contribution in [-0.2, 0) is 4.79 Å². The number of nitrogens with two attached hydrogens (primary N) is 1. The van der Waals surface area contributed by atoms with Gasteiger partial charge in [0.1, 0.15) is 11.8 Å². The number of thioether (sulfide) groups is 1. The zero-order valence-corrected chi connectivity index (χ0v) is 16.4. The van der Waals surface area contributed by atoms with Crippen LogP contribution in [0, 0.1) is 0 Å². The van der Waals surface area contributed by atoms with Crippen molar-refractivity contribution in [3.63, 3.8) is 0 Å². The zero-order valence-electron chi connectivity index (χ0n) is 14.0. The fourth-order valence-corrected chi connectivity index (χ4v) is 3.45. The van der Waals surface area contributed by atoms with Crippen LogP contribution in [0.3, 0.4) is 0 Å². The zero-order chi connectivity index (χ0) is 17.5. The molecule has 6 heteroatoms. The lowest BCUT2D eigenvalue weighted by atomic mass is 10.1. The standard InChI is InChI=1S/C18H21BrN2O2S/c1-12(13-8-9-16(23-2)14(19)10-13)20-11-18(22)21-15-6-4-5-7-17(15)24-3/h4-10,12,20H,11H2,1-3H3,(H,21,22)/p+1/t12-/m1/s1. The van der Waals surface area contributed by atoms with Gasteiger partial charge in [0.2, 0.25) is 0 Å². The molecule has 0 radical (unpaired) electrons. The number of rotatable bonds is 7. The highest BCUT2D eigenvalue weighted by Gasteiger charge is 2.14. The molecule has 2 rings (SSSR count). The first-order chi connectivity index (χ1) is 11.5. The third kappa shape index (κ3) is 5.00. The number of carbonyl (C=O) groups excluding carboxylic acids is 1. The summed E-state index contributed by atoms with van der Waals surface area (Å²) in [7, 11) is 1.64. The van der Waals surface area contributed by atoms with Crippen LogP contribution in [-0.4, -0.2) is 25.8 Å². The van der Waals surface area contributed by atoms with Crippen molar-refractivity contribution in [2.45, 2.75) is 17.9 Å². The van der Waals surface area contributed by atoms with Gasteiger partial charge in [0.25, 0.3) is 5.91 Å². The summed E-state index contributed by atoms with van der Waals surface area (Å²) in [5.41, 5.74) is 2.00. The molecule has 2 aromatic carbocycles.